The summed E-state index contributed by atoms with van der Waals surface area (Å²) in [4.78, 5) is 14.9. The Hall–Kier alpha value is -2.61. The fourth-order valence-electron chi connectivity index (χ4n) is 3.94. The van der Waals surface area contributed by atoms with Gasteiger partial charge in [-0.2, -0.15) is 0 Å². The molecule has 1 heterocycles. The maximum atomic E-state index is 13.3. The fraction of sp³-hybridized carbons (Fsp3) is 0.458. The second-order valence-corrected chi connectivity index (χ2v) is 11.1. The lowest BCUT2D eigenvalue weighted by molar-refractivity contribution is -0.120. The zero-order valence-electron chi connectivity index (χ0n) is 18.9. The number of carbonyl (C=O) groups is 1. The van der Waals surface area contributed by atoms with E-state index in [4.69, 9.17) is 0 Å². The van der Waals surface area contributed by atoms with Gasteiger partial charge < -0.3 is 10.2 Å². The van der Waals surface area contributed by atoms with Crippen molar-refractivity contribution in [1.82, 2.24) is 5.32 Å². The van der Waals surface area contributed by atoms with Crippen LogP contribution in [0.3, 0.4) is 0 Å². The third-order valence-electron chi connectivity index (χ3n) is 5.56. The van der Waals surface area contributed by atoms with E-state index < -0.39 is 33.1 Å². The average molecular weight is 462 g/mol. The molecule has 0 bridgehead atoms. The number of amides is 1. The van der Waals surface area contributed by atoms with Crippen molar-refractivity contribution in [1.29, 1.82) is 0 Å². The monoisotopic (exact) mass is 461 g/mol. The minimum absolute atomic E-state index is 0.370. The molecule has 0 spiro atoms. The molecule has 1 saturated heterocycles. The van der Waals surface area contributed by atoms with E-state index in [1.807, 2.05) is 32.9 Å². The molecule has 6 nitrogen and oxygen atoms in total. The third-order valence-corrected chi connectivity index (χ3v) is 6.75. The van der Waals surface area contributed by atoms with E-state index in [-0.39, 0.29) is 5.82 Å². The number of nitrogens with zero attached hydrogens (tertiary/aromatic N) is 1. The van der Waals surface area contributed by atoms with Gasteiger partial charge in [0.1, 0.15) is 11.6 Å². The van der Waals surface area contributed by atoms with E-state index >= 15 is 0 Å². The molecule has 2 aromatic carbocycles. The summed E-state index contributed by atoms with van der Waals surface area (Å²) in [6.45, 7) is 7.80. The maximum Gasteiger partial charge on any atom is 0.241 e. The highest BCUT2D eigenvalue weighted by Gasteiger charge is 2.29. The first-order valence-electron chi connectivity index (χ1n) is 10.9. The summed E-state index contributed by atoms with van der Waals surface area (Å²) >= 11 is 0. The molecule has 174 valence electrons. The van der Waals surface area contributed by atoms with Crippen molar-refractivity contribution >= 4 is 27.3 Å². The normalized spacial score (nSPS) is 15.8. The van der Waals surface area contributed by atoms with Crippen molar-refractivity contribution in [3.63, 3.8) is 0 Å². The van der Waals surface area contributed by atoms with Crippen LogP contribution in [0, 0.1) is 11.2 Å². The molecule has 1 aliphatic rings. The molecule has 0 aromatic heterocycles. The first-order valence-corrected chi connectivity index (χ1v) is 12.6. The number of anilines is 2. The molecular weight excluding hydrogens is 429 g/mol. The summed E-state index contributed by atoms with van der Waals surface area (Å²) in [7, 11) is -3.89. The molecular formula is C24H32FN3O3S. The Labute approximate surface area is 190 Å². The van der Waals surface area contributed by atoms with Gasteiger partial charge in [-0.25, -0.2) is 12.8 Å². The lowest BCUT2D eigenvalue weighted by Crippen LogP contribution is -2.40. The van der Waals surface area contributed by atoms with Crippen LogP contribution in [0.4, 0.5) is 15.8 Å². The number of carbonyl (C=O) groups excluding carboxylic acids is 1. The highest BCUT2D eigenvalue weighted by atomic mass is 32.2. The number of piperidine rings is 1. The van der Waals surface area contributed by atoms with Crippen LogP contribution in [0.2, 0.25) is 0 Å². The van der Waals surface area contributed by atoms with Gasteiger partial charge in [0.15, 0.2) is 0 Å². The standard InChI is InChI=1S/C24H32FN3O3S/c1-24(2,3)23(18-7-9-19(25)10-8-18)26-22(29)17-32(30,31)27-20-11-13-21(14-12-20)28-15-5-4-6-16-28/h7-14,23,27H,4-6,15-17H2,1-3H3,(H,26,29). The number of benzene rings is 2. The minimum atomic E-state index is -3.89. The van der Waals surface area contributed by atoms with Gasteiger partial charge >= 0.3 is 0 Å². The molecule has 0 radical (unpaired) electrons. The van der Waals surface area contributed by atoms with Crippen LogP contribution in [0.5, 0.6) is 0 Å². The van der Waals surface area contributed by atoms with Gasteiger partial charge in [0.05, 0.1) is 6.04 Å². The first-order chi connectivity index (χ1) is 15.0. The highest BCUT2D eigenvalue weighted by molar-refractivity contribution is 7.93. The van der Waals surface area contributed by atoms with Crippen LogP contribution in [-0.2, 0) is 14.8 Å². The average Bonchev–Trinajstić information content (AvgIpc) is 2.72. The van der Waals surface area contributed by atoms with Crippen LogP contribution in [0.1, 0.15) is 51.6 Å². The Kier molecular flexibility index (Phi) is 7.44. The van der Waals surface area contributed by atoms with Gasteiger partial charge in [0, 0.05) is 24.5 Å². The SMILES string of the molecule is CC(C)(C)C(NC(=O)CS(=O)(=O)Nc1ccc(N2CCCCC2)cc1)c1ccc(F)cc1. The topological polar surface area (TPSA) is 78.5 Å². The van der Waals surface area contributed by atoms with E-state index in [0.717, 1.165) is 31.6 Å². The predicted molar refractivity (Wildman–Crippen MR) is 127 cm³/mol. The lowest BCUT2D eigenvalue weighted by Gasteiger charge is -2.32. The molecule has 1 aliphatic heterocycles. The molecule has 0 saturated carbocycles. The van der Waals surface area contributed by atoms with Crippen LogP contribution in [-0.4, -0.2) is 33.2 Å². The first kappa shape index (κ1) is 24.0. The van der Waals surface area contributed by atoms with Gasteiger partial charge in [-0.3, -0.25) is 9.52 Å². The predicted octanol–water partition coefficient (Wildman–Crippen LogP) is 4.46. The van der Waals surface area contributed by atoms with E-state index in [9.17, 15) is 17.6 Å². The van der Waals surface area contributed by atoms with Gasteiger partial charge in [-0.15, -0.1) is 0 Å². The Morgan fingerprint density at radius 3 is 2.16 bits per heavy atom. The lowest BCUT2D eigenvalue weighted by atomic mass is 9.82. The van der Waals surface area contributed by atoms with Crippen molar-refractivity contribution in [2.75, 3.05) is 28.5 Å². The Bertz CT molecular complexity index is 1010. The third kappa shape index (κ3) is 6.69. The van der Waals surface area contributed by atoms with Crippen LogP contribution >= 0.6 is 0 Å². The molecule has 0 aliphatic carbocycles. The van der Waals surface area contributed by atoms with Crippen molar-refractivity contribution in [2.45, 2.75) is 46.1 Å². The summed E-state index contributed by atoms with van der Waals surface area (Å²) in [5.74, 6) is -1.69. The molecule has 2 N–H and O–H groups in total. The van der Waals surface area contributed by atoms with Crippen LogP contribution in [0.25, 0.3) is 0 Å². The summed E-state index contributed by atoms with van der Waals surface area (Å²) in [6, 6.07) is 12.6. The summed E-state index contributed by atoms with van der Waals surface area (Å²) < 4.78 is 40.9. The van der Waals surface area contributed by atoms with Gasteiger partial charge in [-0.05, 0) is 66.6 Å². The number of nitrogens with one attached hydrogen (secondary N) is 2. The van der Waals surface area contributed by atoms with E-state index in [1.165, 1.54) is 18.6 Å². The van der Waals surface area contributed by atoms with Crippen molar-refractivity contribution < 1.29 is 17.6 Å². The van der Waals surface area contributed by atoms with Gasteiger partial charge in [-0.1, -0.05) is 32.9 Å². The second-order valence-electron chi connectivity index (χ2n) is 9.37. The number of rotatable bonds is 7. The number of sulfonamides is 1. The molecule has 32 heavy (non-hydrogen) atoms. The molecule has 2 aromatic rings. The molecule has 1 amide bonds. The number of hydrogen-bond acceptors (Lipinski definition) is 4. The summed E-state index contributed by atoms with van der Waals surface area (Å²) in [6.07, 6.45) is 3.57. The Morgan fingerprint density at radius 2 is 1.59 bits per heavy atom. The Balaban J connectivity index is 1.63. The molecule has 8 heteroatoms. The van der Waals surface area contributed by atoms with E-state index in [2.05, 4.69) is 14.9 Å². The highest BCUT2D eigenvalue weighted by Crippen LogP contribution is 2.32. The minimum Gasteiger partial charge on any atom is -0.372 e. The van der Waals surface area contributed by atoms with Crippen LogP contribution in [0.15, 0.2) is 48.5 Å². The summed E-state index contributed by atoms with van der Waals surface area (Å²) in [5, 5.41) is 2.80. The quantitative estimate of drug-likeness (QED) is 0.638. The fourth-order valence-corrected chi connectivity index (χ4v) is 4.93. The largest absolute Gasteiger partial charge is 0.372 e. The van der Waals surface area contributed by atoms with Crippen LogP contribution < -0.4 is 14.9 Å². The smallest absolute Gasteiger partial charge is 0.241 e. The second kappa shape index (κ2) is 9.90. The molecule has 3 rings (SSSR count). The zero-order valence-corrected chi connectivity index (χ0v) is 19.7. The van der Waals surface area contributed by atoms with Crippen molar-refractivity contribution in [2.24, 2.45) is 5.41 Å². The zero-order chi connectivity index (χ0) is 23.4. The number of halogens is 1. The van der Waals surface area contributed by atoms with Crippen molar-refractivity contribution in [3.8, 4) is 0 Å². The molecule has 1 atom stereocenters. The van der Waals surface area contributed by atoms with Crippen molar-refractivity contribution in [3.05, 3.63) is 59.9 Å². The molecule has 1 unspecified atom stereocenters. The summed E-state index contributed by atoms with van der Waals surface area (Å²) in [5.41, 5.74) is 1.81. The van der Waals surface area contributed by atoms with E-state index in [0.29, 0.717) is 11.3 Å². The number of hydrogen-bond donors (Lipinski definition) is 2. The Morgan fingerprint density at radius 1 is 1.00 bits per heavy atom. The maximum absolute atomic E-state index is 13.3. The van der Waals surface area contributed by atoms with E-state index in [1.54, 1.807) is 24.3 Å². The van der Waals surface area contributed by atoms with Gasteiger partial charge in [0.2, 0.25) is 15.9 Å². The van der Waals surface area contributed by atoms with Gasteiger partial charge in [0.25, 0.3) is 0 Å². The molecule has 1 fully saturated rings.